The molecule has 0 N–H and O–H groups in total. The highest BCUT2D eigenvalue weighted by Crippen LogP contribution is 2.38. The number of Topliss-reactive ketones (excluding diaryl/α,β-unsaturated/α-hetero) is 1. The smallest absolute Gasteiger partial charge is 0.316 e. The van der Waals surface area contributed by atoms with E-state index in [0.29, 0.717) is 22.6 Å². The van der Waals surface area contributed by atoms with Crippen LogP contribution in [0.15, 0.2) is 42.4 Å². The molecule has 0 bridgehead atoms. The van der Waals surface area contributed by atoms with Crippen LogP contribution >= 0.6 is 0 Å². The number of rotatable bonds is 2. The number of benzene rings is 1. The Labute approximate surface area is 146 Å². The van der Waals surface area contributed by atoms with Crippen molar-refractivity contribution >= 4 is 17.8 Å². The molecule has 0 aliphatic carbocycles. The number of hydrogen-bond donors (Lipinski definition) is 0. The van der Waals surface area contributed by atoms with Crippen LogP contribution in [-0.2, 0) is 4.79 Å². The number of ether oxygens (including phenoxy) is 2. The first kappa shape index (κ1) is 16.9. The molecule has 0 saturated heterocycles. The van der Waals surface area contributed by atoms with Crippen LogP contribution in [0.1, 0.15) is 42.3 Å². The van der Waals surface area contributed by atoms with E-state index in [1.54, 1.807) is 64.4 Å². The predicted octanol–water partition coefficient (Wildman–Crippen LogP) is 3.96. The molecule has 0 radical (unpaired) electrons. The van der Waals surface area contributed by atoms with Gasteiger partial charge in [0.2, 0.25) is 5.78 Å². The van der Waals surface area contributed by atoms with Crippen molar-refractivity contribution < 1.29 is 19.1 Å². The van der Waals surface area contributed by atoms with Crippen molar-refractivity contribution in [1.82, 2.24) is 4.98 Å². The van der Waals surface area contributed by atoms with Gasteiger partial charge in [0.15, 0.2) is 5.76 Å². The third-order valence-corrected chi connectivity index (χ3v) is 3.75. The van der Waals surface area contributed by atoms with Gasteiger partial charge in [-0.2, -0.15) is 0 Å². The van der Waals surface area contributed by atoms with E-state index in [0.717, 1.165) is 5.56 Å². The van der Waals surface area contributed by atoms with Crippen molar-refractivity contribution in [3.05, 3.63) is 59.1 Å². The largest absolute Gasteiger partial charge is 0.452 e. The number of esters is 1. The van der Waals surface area contributed by atoms with Crippen LogP contribution in [0.5, 0.6) is 11.5 Å². The predicted molar refractivity (Wildman–Crippen MR) is 93.4 cm³/mol. The maximum absolute atomic E-state index is 12.6. The molecule has 0 amide bonds. The Morgan fingerprint density at radius 2 is 2.04 bits per heavy atom. The monoisotopic (exact) mass is 337 g/mol. The molecule has 0 unspecified atom stereocenters. The number of carbonyl (C=O) groups excluding carboxylic acids is 2. The van der Waals surface area contributed by atoms with Crippen molar-refractivity contribution in [3.8, 4) is 11.5 Å². The molecule has 5 nitrogen and oxygen atoms in total. The number of aromatic nitrogens is 1. The maximum atomic E-state index is 12.6. The van der Waals surface area contributed by atoms with E-state index in [9.17, 15) is 9.59 Å². The average Bonchev–Trinajstić information content (AvgIpc) is 2.83. The number of ketones is 1. The standard InChI is InChI=1S/C20H19NO4/c1-12-8-14(24-19(23)20(2,3)4)10-15-17(12)18(22)16(25-15)9-13-6-5-7-21-11-13/h5-11H,1-4H3/b16-9-. The van der Waals surface area contributed by atoms with Gasteiger partial charge >= 0.3 is 5.97 Å². The number of fused-ring (bicyclic) bond motifs is 1. The number of hydrogen-bond acceptors (Lipinski definition) is 5. The molecule has 1 aromatic carbocycles. The Hall–Kier alpha value is -2.95. The normalized spacial score (nSPS) is 15.0. The highest BCUT2D eigenvalue weighted by molar-refractivity contribution is 6.15. The maximum Gasteiger partial charge on any atom is 0.316 e. The number of carbonyl (C=O) groups is 2. The van der Waals surface area contributed by atoms with Crippen LogP contribution in [-0.4, -0.2) is 16.7 Å². The summed E-state index contributed by atoms with van der Waals surface area (Å²) in [6, 6.07) is 6.88. The summed E-state index contributed by atoms with van der Waals surface area (Å²) in [4.78, 5) is 28.7. The molecule has 5 heteroatoms. The number of nitrogens with zero attached hydrogens (tertiary/aromatic N) is 1. The number of aryl methyl sites for hydroxylation is 1. The van der Waals surface area contributed by atoms with E-state index in [1.165, 1.54) is 0 Å². The molecule has 1 aliphatic rings. The summed E-state index contributed by atoms with van der Waals surface area (Å²) >= 11 is 0. The molecule has 0 spiro atoms. The highest BCUT2D eigenvalue weighted by Gasteiger charge is 2.31. The molecule has 25 heavy (non-hydrogen) atoms. The summed E-state index contributed by atoms with van der Waals surface area (Å²) in [5.74, 6) is 0.459. The Morgan fingerprint density at radius 3 is 2.68 bits per heavy atom. The molecule has 128 valence electrons. The van der Waals surface area contributed by atoms with Crippen LogP contribution in [0.4, 0.5) is 0 Å². The van der Waals surface area contributed by atoms with Crippen molar-refractivity contribution in [2.45, 2.75) is 27.7 Å². The van der Waals surface area contributed by atoms with E-state index in [4.69, 9.17) is 9.47 Å². The fraction of sp³-hybridized carbons (Fsp3) is 0.250. The second-order valence-corrected chi connectivity index (χ2v) is 6.98. The van der Waals surface area contributed by atoms with Crippen molar-refractivity contribution in [1.29, 1.82) is 0 Å². The topological polar surface area (TPSA) is 65.5 Å². The van der Waals surface area contributed by atoms with Gasteiger partial charge < -0.3 is 9.47 Å². The number of allylic oxidation sites excluding steroid dienone is 1. The lowest BCUT2D eigenvalue weighted by atomic mass is 9.97. The summed E-state index contributed by atoms with van der Waals surface area (Å²) < 4.78 is 11.1. The Kier molecular flexibility index (Phi) is 4.17. The van der Waals surface area contributed by atoms with Gasteiger partial charge in [-0.3, -0.25) is 14.6 Å². The van der Waals surface area contributed by atoms with Gasteiger partial charge in [0.05, 0.1) is 11.0 Å². The Balaban J connectivity index is 1.92. The van der Waals surface area contributed by atoms with Gasteiger partial charge in [-0.15, -0.1) is 0 Å². The quantitative estimate of drug-likeness (QED) is 0.471. The number of pyridine rings is 1. The van der Waals surface area contributed by atoms with Gasteiger partial charge in [-0.05, 0) is 57.0 Å². The van der Waals surface area contributed by atoms with Crippen LogP contribution < -0.4 is 9.47 Å². The summed E-state index contributed by atoms with van der Waals surface area (Å²) in [7, 11) is 0. The minimum Gasteiger partial charge on any atom is -0.452 e. The van der Waals surface area contributed by atoms with Gasteiger partial charge in [0.1, 0.15) is 11.5 Å². The molecule has 2 aromatic rings. The van der Waals surface area contributed by atoms with E-state index >= 15 is 0 Å². The molecule has 0 fully saturated rings. The fourth-order valence-electron chi connectivity index (χ4n) is 2.41. The third kappa shape index (κ3) is 3.45. The summed E-state index contributed by atoms with van der Waals surface area (Å²) in [5.41, 5.74) is 1.35. The van der Waals surface area contributed by atoms with Gasteiger partial charge in [-0.1, -0.05) is 6.07 Å². The van der Waals surface area contributed by atoms with Crippen molar-refractivity contribution in [3.63, 3.8) is 0 Å². The second-order valence-electron chi connectivity index (χ2n) is 6.98. The zero-order valence-electron chi connectivity index (χ0n) is 14.6. The highest BCUT2D eigenvalue weighted by atomic mass is 16.5. The van der Waals surface area contributed by atoms with E-state index in [-0.39, 0.29) is 17.5 Å². The first-order valence-electron chi connectivity index (χ1n) is 7.97. The Morgan fingerprint density at radius 1 is 1.28 bits per heavy atom. The molecule has 0 atom stereocenters. The molecular formula is C20H19NO4. The second kappa shape index (κ2) is 6.16. The van der Waals surface area contributed by atoms with Crippen LogP contribution in [0.2, 0.25) is 0 Å². The lowest BCUT2D eigenvalue weighted by molar-refractivity contribution is -0.143. The van der Waals surface area contributed by atoms with E-state index < -0.39 is 5.41 Å². The van der Waals surface area contributed by atoms with Crippen molar-refractivity contribution in [2.24, 2.45) is 5.41 Å². The molecular weight excluding hydrogens is 318 g/mol. The first-order valence-corrected chi connectivity index (χ1v) is 7.97. The zero-order valence-corrected chi connectivity index (χ0v) is 14.6. The lowest BCUT2D eigenvalue weighted by Crippen LogP contribution is -2.25. The minimum atomic E-state index is -0.616. The fourth-order valence-corrected chi connectivity index (χ4v) is 2.41. The molecule has 3 rings (SSSR count). The summed E-state index contributed by atoms with van der Waals surface area (Å²) in [5, 5.41) is 0. The minimum absolute atomic E-state index is 0.190. The zero-order chi connectivity index (χ0) is 18.2. The Bertz CT molecular complexity index is 877. The lowest BCUT2D eigenvalue weighted by Gasteiger charge is -2.16. The van der Waals surface area contributed by atoms with Crippen LogP contribution in [0.3, 0.4) is 0 Å². The molecule has 1 aromatic heterocycles. The average molecular weight is 337 g/mol. The van der Waals surface area contributed by atoms with Gasteiger partial charge in [-0.25, -0.2) is 0 Å². The van der Waals surface area contributed by atoms with Gasteiger partial charge in [0.25, 0.3) is 0 Å². The summed E-state index contributed by atoms with van der Waals surface area (Å²) in [6.45, 7) is 7.14. The third-order valence-electron chi connectivity index (χ3n) is 3.75. The van der Waals surface area contributed by atoms with Gasteiger partial charge in [0, 0.05) is 18.5 Å². The summed E-state index contributed by atoms with van der Waals surface area (Å²) in [6.07, 6.45) is 4.96. The first-order chi connectivity index (χ1) is 11.8. The van der Waals surface area contributed by atoms with Crippen LogP contribution in [0.25, 0.3) is 6.08 Å². The molecule has 0 saturated carbocycles. The molecule has 2 heterocycles. The van der Waals surface area contributed by atoms with Crippen LogP contribution in [0, 0.1) is 12.3 Å². The SMILES string of the molecule is Cc1cc(OC(=O)C(C)(C)C)cc2c1C(=O)/C(=C/c1cccnc1)O2. The van der Waals surface area contributed by atoms with E-state index in [1.807, 2.05) is 6.07 Å². The van der Waals surface area contributed by atoms with Crippen molar-refractivity contribution in [2.75, 3.05) is 0 Å². The molecule has 1 aliphatic heterocycles. The van der Waals surface area contributed by atoms with E-state index in [2.05, 4.69) is 4.98 Å².